The lowest BCUT2D eigenvalue weighted by atomic mass is 10.1. The topological polar surface area (TPSA) is 39.7 Å². The maximum absolute atomic E-state index is 4.71. The van der Waals surface area contributed by atoms with E-state index < -0.39 is 0 Å². The van der Waals surface area contributed by atoms with Gasteiger partial charge in [0.05, 0.1) is 6.54 Å². The van der Waals surface area contributed by atoms with E-state index in [4.69, 9.17) is 4.99 Å². The van der Waals surface area contributed by atoms with E-state index in [1.807, 2.05) is 0 Å². The van der Waals surface area contributed by atoms with Crippen molar-refractivity contribution in [3.63, 3.8) is 0 Å². The predicted molar refractivity (Wildman–Crippen MR) is 91.9 cm³/mol. The number of guanidine groups is 1. The normalized spacial score (nSPS) is 23.8. The van der Waals surface area contributed by atoms with E-state index in [-0.39, 0.29) is 0 Å². The molecule has 0 aromatic carbocycles. The molecule has 1 aromatic heterocycles. The van der Waals surface area contributed by atoms with Gasteiger partial charge in [0.2, 0.25) is 0 Å². The predicted octanol–water partition coefficient (Wildman–Crippen LogP) is 2.53. The maximum Gasteiger partial charge on any atom is 0.191 e. The molecule has 21 heavy (non-hydrogen) atoms. The van der Waals surface area contributed by atoms with Gasteiger partial charge in [-0.15, -0.1) is 11.3 Å². The van der Waals surface area contributed by atoms with Crippen LogP contribution in [-0.4, -0.2) is 42.6 Å². The fourth-order valence-electron chi connectivity index (χ4n) is 2.67. The van der Waals surface area contributed by atoms with E-state index in [1.165, 1.54) is 11.4 Å². The van der Waals surface area contributed by atoms with Crippen LogP contribution in [0.3, 0.4) is 0 Å². The molecule has 2 N–H and O–H groups in total. The lowest BCUT2D eigenvalue weighted by Gasteiger charge is -2.21. The van der Waals surface area contributed by atoms with E-state index in [0.717, 1.165) is 25.6 Å². The van der Waals surface area contributed by atoms with Crippen LogP contribution in [0.1, 0.15) is 32.6 Å². The van der Waals surface area contributed by atoms with Crippen LogP contribution in [0.25, 0.3) is 0 Å². The molecule has 1 fully saturated rings. The Morgan fingerprint density at radius 2 is 2.29 bits per heavy atom. The third kappa shape index (κ3) is 4.71. The highest BCUT2D eigenvalue weighted by Crippen LogP contribution is 2.18. The Morgan fingerprint density at radius 1 is 1.48 bits per heavy atom. The van der Waals surface area contributed by atoms with Gasteiger partial charge in [-0.2, -0.15) is 0 Å². The molecule has 0 amide bonds. The second-order valence-electron chi connectivity index (χ2n) is 6.05. The number of likely N-dealkylation sites (tertiary alicyclic amines) is 1. The SMILES string of the molecule is CCNC(=NCc1cccs1)NC1CN(C(C)C)CC1C. The number of nitrogens with one attached hydrogen (secondary N) is 2. The first-order valence-corrected chi connectivity index (χ1v) is 8.79. The van der Waals surface area contributed by atoms with Crippen LogP contribution < -0.4 is 10.6 Å². The van der Waals surface area contributed by atoms with E-state index in [2.05, 4.69) is 60.7 Å². The van der Waals surface area contributed by atoms with E-state index >= 15 is 0 Å². The van der Waals surface area contributed by atoms with Crippen LogP contribution in [0, 0.1) is 5.92 Å². The number of thiophene rings is 1. The van der Waals surface area contributed by atoms with Crippen LogP contribution >= 0.6 is 11.3 Å². The molecule has 0 bridgehead atoms. The molecular weight excluding hydrogens is 280 g/mol. The summed E-state index contributed by atoms with van der Waals surface area (Å²) in [7, 11) is 0. The highest BCUT2D eigenvalue weighted by molar-refractivity contribution is 7.09. The Hall–Kier alpha value is -1.07. The Labute approximate surface area is 132 Å². The first kappa shape index (κ1) is 16.3. The zero-order valence-corrected chi connectivity index (χ0v) is 14.4. The molecule has 2 rings (SSSR count). The van der Waals surface area contributed by atoms with Crippen molar-refractivity contribution in [1.82, 2.24) is 15.5 Å². The van der Waals surface area contributed by atoms with Crippen molar-refractivity contribution in [2.75, 3.05) is 19.6 Å². The van der Waals surface area contributed by atoms with Gasteiger partial charge in [0.15, 0.2) is 5.96 Å². The van der Waals surface area contributed by atoms with Crippen LogP contribution in [0.2, 0.25) is 0 Å². The summed E-state index contributed by atoms with van der Waals surface area (Å²) in [5.41, 5.74) is 0. The summed E-state index contributed by atoms with van der Waals surface area (Å²) < 4.78 is 0. The number of rotatable bonds is 5. The first-order chi connectivity index (χ1) is 10.1. The largest absolute Gasteiger partial charge is 0.357 e. The average molecular weight is 308 g/mol. The molecule has 2 heterocycles. The average Bonchev–Trinajstić information content (AvgIpc) is 3.07. The number of hydrogen-bond acceptors (Lipinski definition) is 3. The second-order valence-corrected chi connectivity index (χ2v) is 7.08. The Morgan fingerprint density at radius 3 is 2.86 bits per heavy atom. The second kappa shape index (κ2) is 7.80. The van der Waals surface area contributed by atoms with Gasteiger partial charge in [0.1, 0.15) is 0 Å². The third-order valence-electron chi connectivity index (χ3n) is 4.01. The molecule has 118 valence electrons. The Balaban J connectivity index is 1.94. The van der Waals surface area contributed by atoms with E-state index in [0.29, 0.717) is 18.0 Å². The van der Waals surface area contributed by atoms with Gasteiger partial charge in [-0.3, -0.25) is 4.90 Å². The van der Waals surface area contributed by atoms with Crippen LogP contribution in [-0.2, 0) is 6.54 Å². The monoisotopic (exact) mass is 308 g/mol. The first-order valence-electron chi connectivity index (χ1n) is 7.91. The molecule has 1 aliphatic heterocycles. The van der Waals surface area contributed by atoms with Gasteiger partial charge in [-0.1, -0.05) is 13.0 Å². The zero-order chi connectivity index (χ0) is 15.2. The highest BCUT2D eigenvalue weighted by atomic mass is 32.1. The highest BCUT2D eigenvalue weighted by Gasteiger charge is 2.31. The van der Waals surface area contributed by atoms with Crippen molar-refractivity contribution in [1.29, 1.82) is 0 Å². The van der Waals surface area contributed by atoms with Crippen LogP contribution in [0.15, 0.2) is 22.5 Å². The lowest BCUT2D eigenvalue weighted by Crippen LogP contribution is -2.46. The number of hydrogen-bond donors (Lipinski definition) is 2. The summed E-state index contributed by atoms with van der Waals surface area (Å²) in [6.45, 7) is 12.9. The number of nitrogens with zero attached hydrogens (tertiary/aromatic N) is 2. The molecule has 1 aliphatic rings. The fraction of sp³-hybridized carbons (Fsp3) is 0.688. The molecule has 1 saturated heterocycles. The van der Waals surface area contributed by atoms with Gasteiger partial charge in [0, 0.05) is 36.6 Å². The van der Waals surface area contributed by atoms with Gasteiger partial charge in [-0.05, 0) is 38.1 Å². The van der Waals surface area contributed by atoms with Crippen molar-refractivity contribution in [2.24, 2.45) is 10.9 Å². The molecule has 0 spiro atoms. The van der Waals surface area contributed by atoms with Crippen LogP contribution in [0.5, 0.6) is 0 Å². The minimum Gasteiger partial charge on any atom is -0.357 e. The minimum absolute atomic E-state index is 0.480. The van der Waals surface area contributed by atoms with Crippen molar-refractivity contribution >= 4 is 17.3 Å². The molecule has 1 aromatic rings. The maximum atomic E-state index is 4.71. The summed E-state index contributed by atoms with van der Waals surface area (Å²) in [5.74, 6) is 1.59. The molecular formula is C16H28N4S. The molecule has 0 aliphatic carbocycles. The van der Waals surface area contributed by atoms with Gasteiger partial charge < -0.3 is 10.6 Å². The van der Waals surface area contributed by atoms with Gasteiger partial charge in [0.25, 0.3) is 0 Å². The lowest BCUT2D eigenvalue weighted by molar-refractivity contribution is 0.265. The van der Waals surface area contributed by atoms with Crippen molar-refractivity contribution < 1.29 is 0 Å². The Kier molecular flexibility index (Phi) is 6.06. The fourth-order valence-corrected chi connectivity index (χ4v) is 3.30. The molecule has 0 radical (unpaired) electrons. The summed E-state index contributed by atoms with van der Waals surface area (Å²) in [6.07, 6.45) is 0. The van der Waals surface area contributed by atoms with Crippen LogP contribution in [0.4, 0.5) is 0 Å². The smallest absolute Gasteiger partial charge is 0.191 e. The van der Waals surface area contributed by atoms with E-state index in [1.54, 1.807) is 11.3 Å². The third-order valence-corrected chi connectivity index (χ3v) is 4.87. The molecule has 4 nitrogen and oxygen atoms in total. The quantitative estimate of drug-likeness (QED) is 0.648. The molecule has 2 atom stereocenters. The van der Waals surface area contributed by atoms with Crippen molar-refractivity contribution in [3.05, 3.63) is 22.4 Å². The zero-order valence-electron chi connectivity index (χ0n) is 13.6. The number of aliphatic imine (C=N–C) groups is 1. The van der Waals surface area contributed by atoms with Gasteiger partial charge in [-0.25, -0.2) is 4.99 Å². The molecule has 5 heteroatoms. The molecule has 0 saturated carbocycles. The summed E-state index contributed by atoms with van der Waals surface area (Å²) in [6, 6.07) is 5.31. The summed E-state index contributed by atoms with van der Waals surface area (Å²) >= 11 is 1.76. The van der Waals surface area contributed by atoms with E-state index in [9.17, 15) is 0 Å². The van der Waals surface area contributed by atoms with Crippen molar-refractivity contribution in [3.8, 4) is 0 Å². The summed E-state index contributed by atoms with van der Waals surface area (Å²) in [4.78, 5) is 8.54. The standard InChI is InChI=1S/C16H28N4S/c1-5-17-16(18-9-14-7-6-8-21-14)19-15-11-20(12(2)3)10-13(15)4/h6-8,12-13,15H,5,9-11H2,1-4H3,(H2,17,18,19). The summed E-state index contributed by atoms with van der Waals surface area (Å²) in [5, 5.41) is 9.08. The molecule has 2 unspecified atom stereocenters. The Bertz CT molecular complexity index is 441. The van der Waals surface area contributed by atoms with Crippen molar-refractivity contribution in [2.45, 2.75) is 46.3 Å². The van der Waals surface area contributed by atoms with Gasteiger partial charge >= 0.3 is 0 Å². The minimum atomic E-state index is 0.480.